The molecule has 1 aliphatic rings. The summed E-state index contributed by atoms with van der Waals surface area (Å²) in [5, 5.41) is 0.409. The van der Waals surface area contributed by atoms with Crippen molar-refractivity contribution in [3.63, 3.8) is 0 Å². The number of aromatic nitrogens is 3. The van der Waals surface area contributed by atoms with E-state index in [0.29, 0.717) is 10.8 Å². The lowest BCUT2D eigenvalue weighted by Gasteiger charge is -2.16. The predicted molar refractivity (Wildman–Crippen MR) is 91.2 cm³/mol. The van der Waals surface area contributed by atoms with E-state index in [2.05, 4.69) is 15.0 Å². The molecule has 0 radical (unpaired) electrons. The van der Waals surface area contributed by atoms with Gasteiger partial charge in [-0.2, -0.15) is 4.98 Å². The molecule has 0 bridgehead atoms. The van der Waals surface area contributed by atoms with Gasteiger partial charge in [0.15, 0.2) is 5.75 Å². The van der Waals surface area contributed by atoms with Gasteiger partial charge in [-0.05, 0) is 11.6 Å². The zero-order valence-corrected chi connectivity index (χ0v) is 14.3. The number of hydrogen-bond donors (Lipinski definition) is 0. The number of nitrogens with zero attached hydrogens (tertiary/aromatic N) is 4. The summed E-state index contributed by atoms with van der Waals surface area (Å²) in [5.41, 5.74) is 0.725. The molecule has 7 nitrogen and oxygen atoms in total. The van der Waals surface area contributed by atoms with E-state index in [1.54, 1.807) is 30.3 Å². The lowest BCUT2D eigenvalue weighted by molar-refractivity contribution is 0.440. The molecule has 2 aromatic heterocycles. The molecule has 1 aliphatic heterocycles. The van der Waals surface area contributed by atoms with E-state index in [1.165, 1.54) is 29.0 Å². The zero-order valence-electron chi connectivity index (χ0n) is 12.7. The van der Waals surface area contributed by atoms with E-state index in [9.17, 15) is 8.42 Å². The molecular weight excluding hydrogens is 364 g/mol. The molecule has 0 saturated heterocycles. The van der Waals surface area contributed by atoms with Gasteiger partial charge >= 0.3 is 6.01 Å². The van der Waals surface area contributed by atoms with E-state index in [1.807, 2.05) is 0 Å². The molecule has 0 saturated carbocycles. The summed E-state index contributed by atoms with van der Waals surface area (Å²) in [7, 11) is -3.64. The van der Waals surface area contributed by atoms with Crippen molar-refractivity contribution in [3.05, 3.63) is 65.6 Å². The number of ether oxygens (including phenoxy) is 1. The first kappa shape index (κ1) is 15.8. The molecule has 1 aromatic carbocycles. The van der Waals surface area contributed by atoms with Gasteiger partial charge in [0.25, 0.3) is 10.0 Å². The molecule has 126 valence electrons. The van der Waals surface area contributed by atoms with Crippen LogP contribution in [-0.2, 0) is 16.6 Å². The van der Waals surface area contributed by atoms with Gasteiger partial charge in [0.1, 0.15) is 5.82 Å². The van der Waals surface area contributed by atoms with Gasteiger partial charge in [-0.15, -0.1) is 0 Å². The van der Waals surface area contributed by atoms with Crippen molar-refractivity contribution in [2.75, 3.05) is 4.31 Å². The Labute approximate surface area is 149 Å². The van der Waals surface area contributed by atoms with E-state index >= 15 is 0 Å². The maximum atomic E-state index is 12.7. The molecular formula is C16H11ClN4O3S. The highest BCUT2D eigenvalue weighted by atomic mass is 35.5. The third-order valence-corrected chi connectivity index (χ3v) is 5.68. The quantitative estimate of drug-likeness (QED) is 0.700. The Bertz CT molecular complexity index is 1060. The van der Waals surface area contributed by atoms with Crippen molar-refractivity contribution in [2.24, 2.45) is 0 Å². The molecule has 3 heterocycles. The van der Waals surface area contributed by atoms with Gasteiger partial charge in [-0.25, -0.2) is 17.7 Å². The highest BCUT2D eigenvalue weighted by Gasteiger charge is 2.35. The number of hydrogen-bond acceptors (Lipinski definition) is 6. The zero-order chi connectivity index (χ0) is 17.4. The van der Waals surface area contributed by atoms with E-state index in [4.69, 9.17) is 16.3 Å². The topological polar surface area (TPSA) is 85.3 Å². The minimum Gasteiger partial charge on any atom is -0.423 e. The number of benzene rings is 1. The van der Waals surface area contributed by atoms with Crippen LogP contribution in [0.2, 0.25) is 5.02 Å². The van der Waals surface area contributed by atoms with Crippen LogP contribution >= 0.6 is 11.6 Å². The molecule has 0 aliphatic carbocycles. The molecule has 4 rings (SSSR count). The van der Waals surface area contributed by atoms with Crippen LogP contribution in [0.25, 0.3) is 0 Å². The van der Waals surface area contributed by atoms with Crippen molar-refractivity contribution in [3.8, 4) is 11.8 Å². The van der Waals surface area contributed by atoms with Crippen molar-refractivity contribution < 1.29 is 13.2 Å². The molecule has 0 unspecified atom stereocenters. The average Bonchev–Trinajstić information content (AvgIpc) is 2.87. The number of rotatable bonds is 3. The summed E-state index contributed by atoms with van der Waals surface area (Å²) in [6, 6.07) is 9.95. The number of pyridine rings is 1. The van der Waals surface area contributed by atoms with Crippen molar-refractivity contribution in [2.45, 2.75) is 11.4 Å². The summed E-state index contributed by atoms with van der Waals surface area (Å²) < 4.78 is 32.1. The van der Waals surface area contributed by atoms with Crippen molar-refractivity contribution in [1.82, 2.24) is 15.0 Å². The normalized spacial score (nSPS) is 15.0. The third-order valence-electron chi connectivity index (χ3n) is 3.62. The Hall–Kier alpha value is -2.71. The van der Waals surface area contributed by atoms with E-state index in [-0.39, 0.29) is 23.3 Å². The van der Waals surface area contributed by atoms with E-state index < -0.39 is 10.0 Å². The Morgan fingerprint density at radius 3 is 2.80 bits per heavy atom. The van der Waals surface area contributed by atoms with Crippen molar-refractivity contribution >= 4 is 27.4 Å². The highest BCUT2D eigenvalue weighted by Crippen LogP contribution is 2.34. The van der Waals surface area contributed by atoms with Crippen LogP contribution in [0.15, 0.2) is 59.9 Å². The van der Waals surface area contributed by atoms with Crippen LogP contribution < -0.4 is 9.04 Å². The lowest BCUT2D eigenvalue weighted by atomic mass is 10.2. The second-order valence-electron chi connectivity index (χ2n) is 5.26. The smallest absolute Gasteiger partial charge is 0.323 e. The fourth-order valence-electron chi connectivity index (χ4n) is 2.52. The first-order valence-electron chi connectivity index (χ1n) is 7.26. The first-order chi connectivity index (χ1) is 12.0. The van der Waals surface area contributed by atoms with E-state index in [0.717, 1.165) is 5.56 Å². The van der Waals surface area contributed by atoms with Gasteiger partial charge < -0.3 is 4.74 Å². The van der Waals surface area contributed by atoms with Crippen LogP contribution in [0, 0.1) is 0 Å². The minimum atomic E-state index is -3.64. The van der Waals surface area contributed by atoms with Crippen LogP contribution in [0.1, 0.15) is 5.56 Å². The molecule has 0 N–H and O–H groups in total. The van der Waals surface area contributed by atoms with Crippen LogP contribution in [0.4, 0.5) is 5.82 Å². The summed E-state index contributed by atoms with van der Waals surface area (Å²) in [4.78, 5) is 12.4. The first-order valence-corrected chi connectivity index (χ1v) is 9.08. The number of fused-ring (bicyclic) bond motifs is 1. The summed E-state index contributed by atoms with van der Waals surface area (Å²) >= 11 is 5.86. The molecule has 9 heteroatoms. The monoisotopic (exact) mass is 374 g/mol. The minimum absolute atomic E-state index is 0.00715. The second-order valence-corrected chi connectivity index (χ2v) is 7.52. The second kappa shape index (κ2) is 5.98. The Kier molecular flexibility index (Phi) is 3.78. The number of sulfonamides is 1. The summed E-state index contributed by atoms with van der Waals surface area (Å²) in [5.74, 6) is 0.591. The third kappa shape index (κ3) is 2.90. The van der Waals surface area contributed by atoms with Crippen LogP contribution in [0.3, 0.4) is 0 Å². The Balaban J connectivity index is 1.67. The van der Waals surface area contributed by atoms with Crippen LogP contribution in [0.5, 0.6) is 11.8 Å². The maximum absolute atomic E-state index is 12.7. The van der Waals surface area contributed by atoms with Crippen molar-refractivity contribution in [1.29, 1.82) is 0 Å². The summed E-state index contributed by atoms with van der Waals surface area (Å²) in [6.07, 6.45) is 4.37. The molecule has 0 fully saturated rings. The molecule has 25 heavy (non-hydrogen) atoms. The lowest BCUT2D eigenvalue weighted by Crippen LogP contribution is -2.24. The molecule has 3 aromatic rings. The Morgan fingerprint density at radius 2 is 2.00 bits per heavy atom. The standard InChI is InChI=1S/C16H11ClN4O3S/c17-12-7-13(9-18-8-12)24-16-19-6-5-15(20-16)21-10-11-3-1-2-4-14(11)25(21,22)23/h1-9H,10H2. The number of anilines is 1. The fourth-order valence-corrected chi connectivity index (χ4v) is 4.29. The van der Waals surface area contributed by atoms with Gasteiger partial charge in [-0.3, -0.25) is 4.98 Å². The predicted octanol–water partition coefficient (Wildman–Crippen LogP) is 3.03. The Morgan fingerprint density at radius 1 is 1.16 bits per heavy atom. The van der Waals surface area contributed by atoms with Crippen LogP contribution in [-0.4, -0.2) is 23.4 Å². The van der Waals surface area contributed by atoms with Gasteiger partial charge in [0, 0.05) is 24.5 Å². The average molecular weight is 375 g/mol. The summed E-state index contributed by atoms with van der Waals surface area (Å²) in [6.45, 7) is 0.216. The molecule has 0 amide bonds. The van der Waals surface area contributed by atoms with Gasteiger partial charge in [-0.1, -0.05) is 29.8 Å². The van der Waals surface area contributed by atoms with Gasteiger partial charge in [0.2, 0.25) is 0 Å². The fraction of sp³-hybridized carbons (Fsp3) is 0.0625. The molecule has 0 spiro atoms. The maximum Gasteiger partial charge on any atom is 0.323 e. The number of halogens is 1. The highest BCUT2D eigenvalue weighted by molar-refractivity contribution is 7.93. The molecule has 0 atom stereocenters. The van der Waals surface area contributed by atoms with Gasteiger partial charge in [0.05, 0.1) is 22.7 Å². The SMILES string of the molecule is O=S1(=O)c2ccccc2CN1c1ccnc(Oc2cncc(Cl)c2)n1. The largest absolute Gasteiger partial charge is 0.423 e.